The van der Waals surface area contributed by atoms with Crippen LogP contribution in [0, 0.1) is 5.92 Å². The molecule has 1 amide bonds. The number of fused-ring (bicyclic) bond motifs is 3. The van der Waals surface area contributed by atoms with Gasteiger partial charge in [-0.05, 0) is 56.9 Å². The fourth-order valence-corrected chi connectivity index (χ4v) is 6.02. The van der Waals surface area contributed by atoms with Crippen LogP contribution in [-0.2, 0) is 33.3 Å². The molecule has 6 rings (SSSR count). The lowest BCUT2D eigenvalue weighted by Crippen LogP contribution is -2.54. The predicted molar refractivity (Wildman–Crippen MR) is 132 cm³/mol. The first-order chi connectivity index (χ1) is 17.2. The van der Waals surface area contributed by atoms with Gasteiger partial charge in [0.15, 0.2) is 0 Å². The number of nitrogens with zero attached hydrogens (tertiary/aromatic N) is 4. The minimum atomic E-state index is -0.793. The fourth-order valence-electron chi connectivity index (χ4n) is 6.02. The second kappa shape index (κ2) is 9.50. The quantitative estimate of drug-likeness (QED) is 0.581. The molecule has 1 atom stereocenters. The molecule has 1 aromatic heterocycles. The number of aryl methyl sites for hydroxylation is 1. The number of hydrogen-bond acceptors (Lipinski definition) is 6. The summed E-state index contributed by atoms with van der Waals surface area (Å²) in [6.07, 6.45) is 6.73. The summed E-state index contributed by atoms with van der Waals surface area (Å²) in [6, 6.07) is 8.48. The van der Waals surface area contributed by atoms with Crippen molar-refractivity contribution in [1.82, 2.24) is 19.9 Å². The summed E-state index contributed by atoms with van der Waals surface area (Å²) in [5, 5.41) is 17.8. The molecule has 2 bridgehead atoms. The monoisotopic (exact) mass is 496 g/mol. The number of hydrogen-bond donors (Lipinski definition) is 1. The average molecular weight is 497 g/mol. The van der Waals surface area contributed by atoms with E-state index in [2.05, 4.69) is 29.4 Å². The highest BCUT2D eigenvalue weighted by molar-refractivity contribution is 5.69. The van der Waals surface area contributed by atoms with Gasteiger partial charge in [0.25, 0.3) is 0 Å². The number of aromatic nitrogens is 3. The van der Waals surface area contributed by atoms with Crippen molar-refractivity contribution >= 4 is 12.1 Å². The molecule has 9 heteroatoms. The Morgan fingerprint density at radius 2 is 1.92 bits per heavy atom. The van der Waals surface area contributed by atoms with Crippen molar-refractivity contribution in [3.63, 3.8) is 0 Å². The van der Waals surface area contributed by atoms with Gasteiger partial charge in [0.1, 0.15) is 18.0 Å². The van der Waals surface area contributed by atoms with Crippen LogP contribution >= 0.6 is 0 Å². The van der Waals surface area contributed by atoms with Gasteiger partial charge in [-0.15, -0.1) is 5.10 Å². The molecule has 36 heavy (non-hydrogen) atoms. The van der Waals surface area contributed by atoms with E-state index in [-0.39, 0.29) is 30.6 Å². The zero-order valence-electron chi connectivity index (χ0n) is 21.4. The van der Waals surface area contributed by atoms with E-state index in [1.807, 2.05) is 12.1 Å². The Hall–Kier alpha value is -2.94. The second-order valence-electron chi connectivity index (χ2n) is 11.0. The molecule has 2 saturated carbocycles. The van der Waals surface area contributed by atoms with Crippen LogP contribution in [0.4, 0.5) is 4.79 Å². The highest BCUT2D eigenvalue weighted by Gasteiger charge is 2.51. The van der Waals surface area contributed by atoms with E-state index in [1.165, 1.54) is 24.8 Å². The number of carbonyl (C=O) groups is 2. The number of amides is 1. The maximum atomic E-state index is 12.7. The third-order valence-electron chi connectivity index (χ3n) is 9.02. The van der Waals surface area contributed by atoms with Crippen LogP contribution in [0.2, 0.25) is 0 Å². The van der Waals surface area contributed by atoms with Gasteiger partial charge in [-0.25, -0.2) is 9.48 Å². The van der Waals surface area contributed by atoms with Crippen LogP contribution in [-0.4, -0.2) is 62.4 Å². The maximum Gasteiger partial charge on any atom is 0.410 e. The van der Waals surface area contributed by atoms with Crippen LogP contribution < -0.4 is 0 Å². The van der Waals surface area contributed by atoms with Crippen molar-refractivity contribution in [2.75, 3.05) is 13.7 Å². The molecule has 2 aliphatic carbocycles. The Morgan fingerprint density at radius 3 is 2.47 bits per heavy atom. The minimum absolute atomic E-state index is 0.0682. The van der Waals surface area contributed by atoms with E-state index in [1.54, 1.807) is 23.7 Å². The van der Waals surface area contributed by atoms with E-state index < -0.39 is 11.6 Å². The Kier molecular flexibility index (Phi) is 6.53. The highest BCUT2D eigenvalue weighted by atomic mass is 16.6. The third-order valence-corrected chi connectivity index (χ3v) is 9.02. The van der Waals surface area contributed by atoms with E-state index in [9.17, 15) is 14.7 Å². The van der Waals surface area contributed by atoms with Gasteiger partial charge < -0.3 is 19.5 Å². The molecule has 1 aromatic carbocycles. The molecule has 0 spiro atoms. The summed E-state index contributed by atoms with van der Waals surface area (Å²) in [7, 11) is 3.61. The van der Waals surface area contributed by atoms with E-state index in [0.29, 0.717) is 18.2 Å². The van der Waals surface area contributed by atoms with Crippen LogP contribution in [0.25, 0.3) is 11.3 Å². The lowest BCUT2D eigenvalue weighted by Gasteiger charge is -2.53. The van der Waals surface area contributed by atoms with E-state index in [4.69, 9.17) is 9.47 Å². The lowest BCUT2D eigenvalue weighted by atomic mass is 9.62. The summed E-state index contributed by atoms with van der Waals surface area (Å²) in [6.45, 7) is 2.74. The number of carboxylic acids is 1. The predicted octanol–water partition coefficient (Wildman–Crippen LogP) is 4.29. The molecule has 3 heterocycles. The molecule has 2 aromatic rings. The first-order valence-electron chi connectivity index (χ1n) is 13.0. The highest BCUT2D eigenvalue weighted by Crippen LogP contribution is 2.51. The van der Waals surface area contributed by atoms with Crippen LogP contribution in [0.5, 0.6) is 0 Å². The molecule has 4 aliphatic rings. The lowest BCUT2D eigenvalue weighted by molar-refractivity contribution is -0.174. The van der Waals surface area contributed by atoms with Gasteiger partial charge >= 0.3 is 12.1 Å². The molecule has 0 radical (unpaired) electrons. The van der Waals surface area contributed by atoms with E-state index >= 15 is 0 Å². The Labute approximate surface area is 211 Å². The van der Waals surface area contributed by atoms with Crippen molar-refractivity contribution < 1.29 is 24.2 Å². The van der Waals surface area contributed by atoms with Crippen LogP contribution in [0.1, 0.15) is 69.5 Å². The molecule has 1 N–H and O–H groups in total. The molecule has 194 valence electrons. The summed E-state index contributed by atoms with van der Waals surface area (Å²) in [5.74, 6) is -0.236. The van der Waals surface area contributed by atoms with Gasteiger partial charge in [0, 0.05) is 31.1 Å². The van der Waals surface area contributed by atoms with E-state index in [0.717, 1.165) is 36.9 Å². The van der Waals surface area contributed by atoms with Crippen molar-refractivity contribution in [2.24, 2.45) is 13.0 Å². The summed E-state index contributed by atoms with van der Waals surface area (Å²) >= 11 is 0. The normalized spacial score (nSPS) is 26.3. The summed E-state index contributed by atoms with van der Waals surface area (Å²) in [5.41, 5.74) is 3.01. The van der Waals surface area contributed by atoms with Crippen molar-refractivity contribution in [3.8, 4) is 11.3 Å². The zero-order chi connectivity index (χ0) is 25.5. The first kappa shape index (κ1) is 24.7. The second-order valence-corrected chi connectivity index (χ2v) is 11.0. The Balaban J connectivity index is 1.25. The average Bonchev–Trinajstić information content (AvgIpc) is 3.21. The Morgan fingerprint density at radius 1 is 1.22 bits per heavy atom. The number of rotatable bonds is 8. The maximum absolute atomic E-state index is 12.7. The SMILES string of the molecule is CC(C1CCC1)N(C)C(=O)OCc1c(-c2ccc(C34CCC(CC(=O)O)(CC3)OC4)cc2)nnn1C. The zero-order valence-corrected chi connectivity index (χ0v) is 21.4. The van der Waals surface area contributed by atoms with Crippen molar-refractivity contribution in [3.05, 3.63) is 35.5 Å². The third kappa shape index (κ3) is 4.49. The van der Waals surface area contributed by atoms with Crippen molar-refractivity contribution in [1.29, 1.82) is 0 Å². The van der Waals surface area contributed by atoms with Gasteiger partial charge in [-0.2, -0.15) is 0 Å². The number of ether oxygens (including phenoxy) is 2. The standard InChI is InChI=1S/C27H36N4O5/c1-18(19-5-4-6-19)30(2)25(34)35-16-22-24(28-29-31(22)3)20-7-9-21(10-8-20)26-11-13-27(14-12-26,36-17-26)15-23(32)33/h7-10,18-19H,4-6,11-17H2,1-3H3,(H,32,33). The number of aliphatic carboxylic acids is 1. The van der Waals surface area contributed by atoms with Crippen LogP contribution in [0.15, 0.2) is 24.3 Å². The smallest absolute Gasteiger partial charge is 0.410 e. The number of benzene rings is 1. The van der Waals surface area contributed by atoms with Gasteiger partial charge in [0.05, 0.1) is 18.6 Å². The van der Waals surface area contributed by atoms with Gasteiger partial charge in [-0.1, -0.05) is 35.9 Å². The molecular weight excluding hydrogens is 460 g/mol. The van der Waals surface area contributed by atoms with Gasteiger partial charge in [-0.3, -0.25) is 4.79 Å². The molecule has 9 nitrogen and oxygen atoms in total. The Bertz CT molecular complexity index is 1100. The molecule has 4 fully saturated rings. The summed E-state index contributed by atoms with van der Waals surface area (Å²) < 4.78 is 13.4. The number of carbonyl (C=O) groups excluding carboxylic acids is 1. The fraction of sp³-hybridized carbons (Fsp3) is 0.630. The minimum Gasteiger partial charge on any atom is -0.481 e. The first-order valence-corrected chi connectivity index (χ1v) is 13.0. The molecule has 2 aliphatic heterocycles. The van der Waals surface area contributed by atoms with Gasteiger partial charge in [0.2, 0.25) is 0 Å². The summed E-state index contributed by atoms with van der Waals surface area (Å²) in [4.78, 5) is 25.6. The topological polar surface area (TPSA) is 107 Å². The molecule has 1 unspecified atom stereocenters. The molecule has 2 saturated heterocycles. The largest absolute Gasteiger partial charge is 0.481 e. The van der Waals surface area contributed by atoms with Crippen LogP contribution in [0.3, 0.4) is 0 Å². The number of carboxylic acid groups (broad SMARTS) is 1. The molecular formula is C27H36N4O5. The van der Waals surface area contributed by atoms with Crippen molar-refractivity contribution in [2.45, 2.75) is 82.0 Å².